The van der Waals surface area contributed by atoms with Crippen LogP contribution in [0.2, 0.25) is 0 Å². The van der Waals surface area contributed by atoms with E-state index in [9.17, 15) is 13.2 Å². The third-order valence-corrected chi connectivity index (χ3v) is 6.87. The zero-order chi connectivity index (χ0) is 20.2. The number of carbonyl (C=O) groups is 1. The topological polar surface area (TPSA) is 67.3 Å². The first-order chi connectivity index (χ1) is 14.0. The summed E-state index contributed by atoms with van der Waals surface area (Å²) < 4.78 is 27.6. The van der Waals surface area contributed by atoms with Crippen LogP contribution in [-0.4, -0.2) is 19.3 Å². The Morgan fingerprint density at radius 1 is 0.833 bits per heavy atom. The number of carbonyl (C=O) groups excluding carboxylic acids is 1. The van der Waals surface area contributed by atoms with Gasteiger partial charge >= 0.3 is 0 Å². The number of nitrogens with zero attached hydrogens (tertiary/aromatic N) is 2. The molecule has 150 valence electrons. The summed E-state index contributed by atoms with van der Waals surface area (Å²) in [6.07, 6.45) is 0. The summed E-state index contributed by atoms with van der Waals surface area (Å²) in [7, 11) is -4.03. The molecule has 3 aromatic carbocycles. The predicted octanol–water partition coefficient (Wildman–Crippen LogP) is 4.98. The number of fused-ring (bicyclic) bond motifs is 2. The second kappa shape index (κ2) is 7.23. The van der Waals surface area contributed by atoms with Crippen molar-refractivity contribution < 1.29 is 13.2 Å². The number of benzene rings is 3. The lowest BCUT2D eigenvalue weighted by atomic mass is 9.97. The standard InChI is InChI=1S/C23H16N2O3S.ClH/c1-15-22(25-23(26)18-12-6-8-14-20(18)29(25,27)28)21(16-9-3-2-4-10-16)17-11-5-7-13-19(17)24-15;/h2-14H,1H3;1H. The van der Waals surface area contributed by atoms with Crippen LogP contribution < -0.4 is 4.31 Å². The van der Waals surface area contributed by atoms with Gasteiger partial charge in [-0.2, -0.15) is 4.31 Å². The Kier molecular flexibility index (Phi) is 4.84. The summed E-state index contributed by atoms with van der Waals surface area (Å²) in [5.74, 6) is -0.557. The maximum absolute atomic E-state index is 13.3. The highest BCUT2D eigenvalue weighted by molar-refractivity contribution is 7.94. The van der Waals surface area contributed by atoms with Crippen molar-refractivity contribution >= 4 is 44.9 Å². The fourth-order valence-electron chi connectivity index (χ4n) is 3.88. The maximum atomic E-state index is 13.3. The van der Waals surface area contributed by atoms with E-state index >= 15 is 0 Å². The highest BCUT2D eigenvalue weighted by Gasteiger charge is 2.44. The molecule has 0 saturated heterocycles. The van der Waals surface area contributed by atoms with Crippen LogP contribution >= 0.6 is 12.4 Å². The van der Waals surface area contributed by atoms with Crippen molar-refractivity contribution in [2.75, 3.05) is 4.31 Å². The molecule has 4 aromatic rings. The van der Waals surface area contributed by atoms with E-state index in [2.05, 4.69) is 4.98 Å². The average Bonchev–Trinajstić information content (AvgIpc) is 2.94. The number of halogens is 1. The molecule has 1 aromatic heterocycles. The summed E-state index contributed by atoms with van der Waals surface area (Å²) in [6.45, 7) is 1.74. The number of hydrogen-bond acceptors (Lipinski definition) is 4. The predicted molar refractivity (Wildman–Crippen MR) is 120 cm³/mol. The lowest BCUT2D eigenvalue weighted by Crippen LogP contribution is -2.31. The van der Waals surface area contributed by atoms with Gasteiger partial charge in [0, 0.05) is 10.9 Å². The van der Waals surface area contributed by atoms with Crippen LogP contribution in [0.4, 0.5) is 5.69 Å². The fraction of sp³-hybridized carbons (Fsp3) is 0.0435. The molecule has 30 heavy (non-hydrogen) atoms. The van der Waals surface area contributed by atoms with Gasteiger partial charge in [-0.25, -0.2) is 8.42 Å². The smallest absolute Gasteiger partial charge is 0.268 e. The van der Waals surface area contributed by atoms with Crippen LogP contribution in [0.3, 0.4) is 0 Å². The van der Waals surface area contributed by atoms with Gasteiger partial charge < -0.3 is 0 Å². The third kappa shape index (κ3) is 2.80. The summed E-state index contributed by atoms with van der Waals surface area (Å²) in [6, 6.07) is 23.3. The SMILES string of the molecule is Cc1nc2ccccc2c(-c2ccccc2)c1N1C(=O)c2ccccc2S1(=O)=O.Cl. The van der Waals surface area contributed by atoms with Crippen molar-refractivity contribution in [3.63, 3.8) is 0 Å². The van der Waals surface area contributed by atoms with E-state index in [0.717, 1.165) is 20.8 Å². The second-order valence-electron chi connectivity index (χ2n) is 6.87. The number of pyridine rings is 1. The molecule has 0 bridgehead atoms. The Morgan fingerprint density at radius 2 is 1.47 bits per heavy atom. The first kappa shape index (κ1) is 20.1. The largest absolute Gasteiger partial charge is 0.273 e. The van der Waals surface area contributed by atoms with Gasteiger partial charge in [-0.05, 0) is 30.7 Å². The van der Waals surface area contributed by atoms with Gasteiger partial charge in [0.05, 0.1) is 22.5 Å². The highest BCUT2D eigenvalue weighted by atomic mass is 35.5. The van der Waals surface area contributed by atoms with Gasteiger partial charge in [-0.3, -0.25) is 9.78 Å². The monoisotopic (exact) mass is 436 g/mol. The van der Waals surface area contributed by atoms with Crippen LogP contribution in [0.1, 0.15) is 16.1 Å². The molecule has 0 unspecified atom stereocenters. The van der Waals surface area contributed by atoms with Gasteiger partial charge in [0.15, 0.2) is 0 Å². The van der Waals surface area contributed by atoms with Gasteiger partial charge in [-0.1, -0.05) is 60.7 Å². The Bertz CT molecular complexity index is 1400. The minimum absolute atomic E-state index is 0. The number of amides is 1. The van der Waals surface area contributed by atoms with Crippen molar-refractivity contribution in [3.05, 3.63) is 90.1 Å². The zero-order valence-electron chi connectivity index (χ0n) is 15.9. The molecule has 0 atom stereocenters. The van der Waals surface area contributed by atoms with E-state index in [-0.39, 0.29) is 22.9 Å². The fourth-order valence-corrected chi connectivity index (χ4v) is 5.54. The molecule has 0 aliphatic carbocycles. The number of hydrogen-bond donors (Lipinski definition) is 0. The number of para-hydroxylation sites is 1. The summed E-state index contributed by atoms with van der Waals surface area (Å²) in [5, 5.41) is 0.790. The molecule has 0 N–H and O–H groups in total. The summed E-state index contributed by atoms with van der Waals surface area (Å²) in [4.78, 5) is 17.8. The molecule has 0 radical (unpaired) electrons. The Morgan fingerprint density at radius 3 is 2.20 bits per heavy atom. The number of sulfonamides is 1. The molecule has 5 rings (SSSR count). The lowest BCUT2D eigenvalue weighted by molar-refractivity contribution is 0.101. The molecular formula is C23H17ClN2O3S. The summed E-state index contributed by atoms with van der Waals surface area (Å²) in [5.41, 5.74) is 3.21. The summed E-state index contributed by atoms with van der Waals surface area (Å²) >= 11 is 0. The molecule has 0 saturated carbocycles. The zero-order valence-corrected chi connectivity index (χ0v) is 17.6. The maximum Gasteiger partial charge on any atom is 0.273 e. The molecular weight excluding hydrogens is 420 g/mol. The molecule has 0 spiro atoms. The highest BCUT2D eigenvalue weighted by Crippen LogP contribution is 2.44. The molecule has 7 heteroatoms. The Balaban J connectivity index is 0.00000218. The number of rotatable bonds is 2. The van der Waals surface area contributed by atoms with Crippen molar-refractivity contribution in [2.45, 2.75) is 11.8 Å². The minimum Gasteiger partial charge on any atom is -0.268 e. The molecule has 1 amide bonds. The first-order valence-electron chi connectivity index (χ1n) is 9.13. The second-order valence-corrected chi connectivity index (χ2v) is 8.63. The van der Waals surface area contributed by atoms with E-state index in [4.69, 9.17) is 0 Å². The normalized spacial score (nSPS) is 14.4. The van der Waals surface area contributed by atoms with Crippen LogP contribution in [0.15, 0.2) is 83.8 Å². The number of aromatic nitrogens is 1. The van der Waals surface area contributed by atoms with Crippen LogP contribution in [0.25, 0.3) is 22.0 Å². The molecule has 0 fully saturated rings. The van der Waals surface area contributed by atoms with E-state index in [1.54, 1.807) is 25.1 Å². The van der Waals surface area contributed by atoms with Gasteiger partial charge in [0.25, 0.3) is 15.9 Å². The Labute approximate surface area is 180 Å². The van der Waals surface area contributed by atoms with Crippen molar-refractivity contribution in [2.24, 2.45) is 0 Å². The third-order valence-electron chi connectivity index (χ3n) is 5.13. The quantitative estimate of drug-likeness (QED) is 0.444. The number of aryl methyl sites for hydroxylation is 1. The van der Waals surface area contributed by atoms with Crippen LogP contribution in [0, 0.1) is 6.92 Å². The van der Waals surface area contributed by atoms with E-state index in [1.165, 1.54) is 6.07 Å². The van der Waals surface area contributed by atoms with Crippen LogP contribution in [0.5, 0.6) is 0 Å². The van der Waals surface area contributed by atoms with Crippen molar-refractivity contribution in [1.29, 1.82) is 0 Å². The molecule has 1 aliphatic heterocycles. The average molecular weight is 437 g/mol. The minimum atomic E-state index is -4.03. The molecule has 2 heterocycles. The Hall–Kier alpha value is -3.22. The number of anilines is 1. The van der Waals surface area contributed by atoms with Gasteiger partial charge in [-0.15, -0.1) is 12.4 Å². The van der Waals surface area contributed by atoms with E-state index in [0.29, 0.717) is 16.9 Å². The van der Waals surface area contributed by atoms with Gasteiger partial charge in [0.2, 0.25) is 0 Å². The van der Waals surface area contributed by atoms with E-state index in [1.807, 2.05) is 54.6 Å². The van der Waals surface area contributed by atoms with Crippen molar-refractivity contribution in [3.8, 4) is 11.1 Å². The lowest BCUT2D eigenvalue weighted by Gasteiger charge is -2.22. The molecule has 1 aliphatic rings. The van der Waals surface area contributed by atoms with E-state index < -0.39 is 15.9 Å². The van der Waals surface area contributed by atoms with Gasteiger partial charge in [0.1, 0.15) is 4.90 Å². The first-order valence-corrected chi connectivity index (χ1v) is 10.6. The van der Waals surface area contributed by atoms with Crippen LogP contribution in [-0.2, 0) is 10.0 Å². The van der Waals surface area contributed by atoms with Crippen molar-refractivity contribution in [1.82, 2.24) is 4.98 Å². The molecule has 5 nitrogen and oxygen atoms in total.